The molecule has 164 valence electrons. The molecule has 33 heavy (non-hydrogen) atoms. The van der Waals surface area contributed by atoms with Crippen molar-refractivity contribution in [2.45, 2.75) is 19.4 Å². The Balaban J connectivity index is 1.41. The summed E-state index contributed by atoms with van der Waals surface area (Å²) in [5.74, 6) is 0.744. The van der Waals surface area contributed by atoms with Gasteiger partial charge >= 0.3 is 0 Å². The van der Waals surface area contributed by atoms with E-state index in [2.05, 4.69) is 51.7 Å². The van der Waals surface area contributed by atoms with Crippen molar-refractivity contribution in [1.29, 1.82) is 5.26 Å². The minimum atomic E-state index is -0.169. The van der Waals surface area contributed by atoms with Crippen LogP contribution in [0.4, 0.5) is 0 Å². The second kappa shape index (κ2) is 10.4. The summed E-state index contributed by atoms with van der Waals surface area (Å²) >= 11 is 0. The van der Waals surface area contributed by atoms with E-state index in [-0.39, 0.29) is 12.5 Å². The van der Waals surface area contributed by atoms with Gasteiger partial charge in [-0.3, -0.25) is 4.79 Å². The maximum Gasteiger partial charge on any atom is 0.234 e. The minimum Gasteiger partial charge on any atom is -0.351 e. The molecule has 1 amide bonds. The lowest BCUT2D eigenvalue weighted by Gasteiger charge is -2.11. The number of amides is 1. The zero-order valence-electron chi connectivity index (χ0n) is 18.2. The fraction of sp³-hybridized carbons (Fsp3) is 0.148. The molecule has 0 unspecified atom stereocenters. The number of nitrogens with two attached hydrogens (primary N) is 1. The summed E-state index contributed by atoms with van der Waals surface area (Å²) in [6, 6.07) is 26.2. The Morgan fingerprint density at radius 2 is 1.67 bits per heavy atom. The summed E-state index contributed by atoms with van der Waals surface area (Å²) in [6.07, 6.45) is 3.32. The molecule has 0 atom stereocenters. The Bertz CT molecular complexity index is 1270. The van der Waals surface area contributed by atoms with Gasteiger partial charge in [0.1, 0.15) is 5.82 Å². The number of rotatable bonds is 8. The van der Waals surface area contributed by atoms with Crippen LogP contribution in [0.15, 0.2) is 79.0 Å². The number of benzene rings is 3. The maximum atomic E-state index is 11.5. The van der Waals surface area contributed by atoms with Crippen molar-refractivity contribution < 1.29 is 4.79 Å². The molecule has 1 heterocycles. The van der Waals surface area contributed by atoms with Crippen LogP contribution in [-0.2, 0) is 24.2 Å². The molecule has 0 fully saturated rings. The summed E-state index contributed by atoms with van der Waals surface area (Å²) in [6.45, 7) is 0.432. The highest BCUT2D eigenvalue weighted by Crippen LogP contribution is 2.24. The number of aromatic amines is 1. The number of H-pyrrole nitrogens is 1. The predicted octanol–water partition coefficient (Wildman–Crippen LogP) is 3.70. The van der Waals surface area contributed by atoms with Crippen LogP contribution in [-0.4, -0.2) is 22.4 Å². The van der Waals surface area contributed by atoms with Crippen molar-refractivity contribution >= 4 is 5.91 Å². The van der Waals surface area contributed by atoms with Crippen LogP contribution in [0.2, 0.25) is 0 Å². The summed E-state index contributed by atoms with van der Waals surface area (Å²) in [4.78, 5) is 19.5. The first kappa shape index (κ1) is 22.0. The fourth-order valence-corrected chi connectivity index (χ4v) is 3.72. The lowest BCUT2D eigenvalue weighted by Crippen LogP contribution is -2.29. The minimum absolute atomic E-state index is 0.0150. The molecule has 0 bridgehead atoms. The molecule has 4 rings (SSSR count). The standard InChI is InChI=1S/C27H25N5O/c28-15-21-7-5-19(6-8-21)13-24-18-30-26(32-24)14-20-9-11-22(12-10-20)25-4-2-1-3-23(25)17-31-27(33)16-29/h1-12,18H,13-14,16-17,29H2,(H,30,32)(H,31,33). The first-order chi connectivity index (χ1) is 16.1. The van der Waals surface area contributed by atoms with Crippen LogP contribution in [0.25, 0.3) is 11.1 Å². The highest BCUT2D eigenvalue weighted by molar-refractivity contribution is 5.78. The molecule has 0 saturated carbocycles. The molecular weight excluding hydrogens is 410 g/mol. The molecule has 0 aliphatic carbocycles. The van der Waals surface area contributed by atoms with Crippen LogP contribution in [0.5, 0.6) is 0 Å². The van der Waals surface area contributed by atoms with Crippen molar-refractivity contribution in [3.63, 3.8) is 0 Å². The molecule has 0 radical (unpaired) electrons. The number of imidazole rings is 1. The average Bonchev–Trinajstić information content (AvgIpc) is 3.30. The van der Waals surface area contributed by atoms with Gasteiger partial charge < -0.3 is 16.0 Å². The van der Waals surface area contributed by atoms with Gasteiger partial charge in [0.2, 0.25) is 5.91 Å². The molecule has 0 saturated heterocycles. The van der Waals surface area contributed by atoms with Crippen molar-refractivity contribution in [2.75, 3.05) is 6.54 Å². The summed E-state index contributed by atoms with van der Waals surface area (Å²) in [7, 11) is 0. The van der Waals surface area contributed by atoms with Gasteiger partial charge in [-0.25, -0.2) is 4.98 Å². The van der Waals surface area contributed by atoms with E-state index in [1.54, 1.807) is 0 Å². The smallest absolute Gasteiger partial charge is 0.234 e. The number of aromatic nitrogens is 2. The lowest BCUT2D eigenvalue weighted by atomic mass is 9.98. The molecule has 1 aromatic heterocycles. The monoisotopic (exact) mass is 435 g/mol. The molecule has 6 nitrogen and oxygen atoms in total. The van der Waals surface area contributed by atoms with E-state index < -0.39 is 0 Å². The number of nitriles is 1. The van der Waals surface area contributed by atoms with Gasteiger partial charge in [-0.15, -0.1) is 0 Å². The second-order valence-corrected chi connectivity index (χ2v) is 7.85. The highest BCUT2D eigenvalue weighted by atomic mass is 16.1. The van der Waals surface area contributed by atoms with Gasteiger partial charge in [0, 0.05) is 31.3 Å². The molecule has 0 spiro atoms. The van der Waals surface area contributed by atoms with Gasteiger partial charge in [-0.1, -0.05) is 60.7 Å². The van der Waals surface area contributed by atoms with E-state index in [0.29, 0.717) is 18.5 Å². The quantitative estimate of drug-likeness (QED) is 0.392. The average molecular weight is 436 g/mol. The topological polar surface area (TPSA) is 108 Å². The molecule has 0 aliphatic heterocycles. The zero-order chi connectivity index (χ0) is 23.0. The Hall–Kier alpha value is -4.21. The van der Waals surface area contributed by atoms with Gasteiger partial charge in [-0.05, 0) is 39.9 Å². The van der Waals surface area contributed by atoms with Crippen molar-refractivity contribution in [3.8, 4) is 17.2 Å². The maximum absolute atomic E-state index is 11.5. The molecule has 3 aromatic carbocycles. The third kappa shape index (κ3) is 5.73. The first-order valence-corrected chi connectivity index (χ1v) is 10.8. The zero-order valence-corrected chi connectivity index (χ0v) is 18.2. The van der Waals surface area contributed by atoms with Crippen LogP contribution >= 0.6 is 0 Å². The molecule has 4 aromatic rings. The van der Waals surface area contributed by atoms with Crippen molar-refractivity contribution in [3.05, 3.63) is 113 Å². The number of carbonyl (C=O) groups excluding carboxylic acids is 1. The van der Waals surface area contributed by atoms with Crippen LogP contribution in [0, 0.1) is 11.3 Å². The molecular formula is C27H25N5O. The Labute approximate surface area is 193 Å². The van der Waals surface area contributed by atoms with Crippen molar-refractivity contribution in [2.24, 2.45) is 5.73 Å². The number of carbonyl (C=O) groups is 1. The Morgan fingerprint density at radius 1 is 0.970 bits per heavy atom. The summed E-state index contributed by atoms with van der Waals surface area (Å²) in [5, 5.41) is 11.8. The van der Waals surface area contributed by atoms with E-state index >= 15 is 0 Å². The fourth-order valence-electron chi connectivity index (χ4n) is 3.72. The number of hydrogen-bond acceptors (Lipinski definition) is 4. The van der Waals surface area contributed by atoms with Crippen molar-refractivity contribution in [1.82, 2.24) is 15.3 Å². The van der Waals surface area contributed by atoms with Crippen LogP contribution in [0.3, 0.4) is 0 Å². The van der Waals surface area contributed by atoms with Crippen LogP contribution in [0.1, 0.15) is 33.8 Å². The van der Waals surface area contributed by atoms with E-state index in [9.17, 15) is 4.79 Å². The predicted molar refractivity (Wildman–Crippen MR) is 128 cm³/mol. The molecule has 6 heteroatoms. The lowest BCUT2D eigenvalue weighted by molar-refractivity contribution is -0.119. The number of hydrogen-bond donors (Lipinski definition) is 3. The number of nitrogens with one attached hydrogen (secondary N) is 2. The van der Waals surface area contributed by atoms with Gasteiger partial charge in [-0.2, -0.15) is 5.26 Å². The normalized spacial score (nSPS) is 10.5. The third-order valence-corrected chi connectivity index (χ3v) is 5.47. The highest BCUT2D eigenvalue weighted by Gasteiger charge is 2.08. The van der Waals surface area contributed by atoms with E-state index in [0.717, 1.165) is 45.8 Å². The second-order valence-electron chi connectivity index (χ2n) is 7.85. The van der Waals surface area contributed by atoms with E-state index in [1.807, 2.05) is 48.7 Å². The van der Waals surface area contributed by atoms with Gasteiger partial charge in [0.25, 0.3) is 0 Å². The van der Waals surface area contributed by atoms with Crippen LogP contribution < -0.4 is 11.1 Å². The summed E-state index contributed by atoms with van der Waals surface area (Å²) in [5.41, 5.74) is 12.6. The molecule has 4 N–H and O–H groups in total. The number of nitrogens with zero attached hydrogens (tertiary/aromatic N) is 2. The molecule has 0 aliphatic rings. The van der Waals surface area contributed by atoms with Gasteiger partial charge in [0.05, 0.1) is 18.2 Å². The van der Waals surface area contributed by atoms with Gasteiger partial charge in [0.15, 0.2) is 0 Å². The Morgan fingerprint density at radius 3 is 2.39 bits per heavy atom. The SMILES string of the molecule is N#Cc1ccc(Cc2cnc(Cc3ccc(-c4ccccc4CNC(=O)CN)cc3)[nH]2)cc1. The van der Waals surface area contributed by atoms with E-state index in [1.165, 1.54) is 0 Å². The van der Waals surface area contributed by atoms with E-state index in [4.69, 9.17) is 11.0 Å². The largest absolute Gasteiger partial charge is 0.351 e. The Kier molecular flexibility index (Phi) is 6.93. The first-order valence-electron chi connectivity index (χ1n) is 10.8. The summed E-state index contributed by atoms with van der Waals surface area (Å²) < 4.78 is 0. The third-order valence-electron chi connectivity index (χ3n) is 5.47.